The summed E-state index contributed by atoms with van der Waals surface area (Å²) in [5.41, 5.74) is 5.78. The average Bonchev–Trinajstić information content (AvgIpc) is 3.26. The lowest BCUT2D eigenvalue weighted by molar-refractivity contribution is 0.0843. The lowest BCUT2D eigenvalue weighted by Gasteiger charge is -2.13. The van der Waals surface area contributed by atoms with Gasteiger partial charge in [-0.05, 0) is 18.2 Å². The summed E-state index contributed by atoms with van der Waals surface area (Å²) in [6.45, 7) is 0.485. The first-order valence-corrected chi connectivity index (χ1v) is 7.42. The van der Waals surface area contributed by atoms with E-state index in [-0.39, 0.29) is 32.4 Å². The van der Waals surface area contributed by atoms with Gasteiger partial charge in [-0.15, -0.1) is 0 Å². The van der Waals surface area contributed by atoms with Gasteiger partial charge in [-0.2, -0.15) is 0 Å². The zero-order valence-electron chi connectivity index (χ0n) is 12.9. The fourth-order valence-electron chi connectivity index (χ4n) is 2.14. The van der Waals surface area contributed by atoms with Crippen molar-refractivity contribution < 1.29 is 28.5 Å². The molecule has 2 heterocycles. The number of ether oxygens (including phenoxy) is 3. The van der Waals surface area contributed by atoms with Crippen molar-refractivity contribution in [2.75, 3.05) is 19.9 Å². The zero-order chi connectivity index (χ0) is 16.9. The molecule has 0 saturated heterocycles. The highest BCUT2D eigenvalue weighted by molar-refractivity contribution is 5.93. The van der Waals surface area contributed by atoms with Crippen LogP contribution in [0.3, 0.4) is 0 Å². The standard InChI is InChI=1S/C16H18N2O6/c17-5-13-3-10(7-21-13)16(20)18-6-11(19)8-22-12-1-2-14-15(4-12)24-9-23-14/h1-4,7,11,19H,5-6,8-9,17H2,(H,18,20). The van der Waals surface area contributed by atoms with Crippen LogP contribution < -0.4 is 25.3 Å². The highest BCUT2D eigenvalue weighted by Crippen LogP contribution is 2.35. The van der Waals surface area contributed by atoms with Crippen LogP contribution in [0.2, 0.25) is 0 Å². The summed E-state index contributed by atoms with van der Waals surface area (Å²) in [5.74, 6) is 1.98. The van der Waals surface area contributed by atoms with E-state index < -0.39 is 6.10 Å². The highest BCUT2D eigenvalue weighted by atomic mass is 16.7. The number of aliphatic hydroxyl groups excluding tert-OH is 1. The van der Waals surface area contributed by atoms with Gasteiger partial charge in [0.1, 0.15) is 30.5 Å². The Morgan fingerprint density at radius 3 is 2.96 bits per heavy atom. The maximum Gasteiger partial charge on any atom is 0.254 e. The van der Waals surface area contributed by atoms with Crippen LogP contribution in [0.5, 0.6) is 17.2 Å². The van der Waals surface area contributed by atoms with E-state index in [1.54, 1.807) is 24.3 Å². The Labute approximate surface area is 138 Å². The first-order valence-electron chi connectivity index (χ1n) is 7.42. The minimum Gasteiger partial charge on any atom is -0.491 e. The third kappa shape index (κ3) is 3.79. The van der Waals surface area contributed by atoms with Crippen molar-refractivity contribution in [3.63, 3.8) is 0 Å². The highest BCUT2D eigenvalue weighted by Gasteiger charge is 2.15. The number of amides is 1. The molecule has 1 aromatic heterocycles. The fourth-order valence-corrected chi connectivity index (χ4v) is 2.14. The number of aliphatic hydroxyl groups is 1. The number of furan rings is 1. The van der Waals surface area contributed by atoms with Gasteiger partial charge in [0.2, 0.25) is 6.79 Å². The van der Waals surface area contributed by atoms with Crippen molar-refractivity contribution >= 4 is 5.91 Å². The molecule has 0 bridgehead atoms. The van der Waals surface area contributed by atoms with Crippen LogP contribution in [-0.4, -0.2) is 37.1 Å². The van der Waals surface area contributed by atoms with Crippen LogP contribution in [0.15, 0.2) is 34.9 Å². The van der Waals surface area contributed by atoms with Crippen molar-refractivity contribution in [2.45, 2.75) is 12.6 Å². The van der Waals surface area contributed by atoms with Crippen LogP contribution in [0.1, 0.15) is 16.1 Å². The molecule has 1 amide bonds. The Morgan fingerprint density at radius 2 is 2.17 bits per heavy atom. The molecule has 8 heteroatoms. The maximum absolute atomic E-state index is 11.9. The van der Waals surface area contributed by atoms with Crippen molar-refractivity contribution in [3.8, 4) is 17.2 Å². The van der Waals surface area contributed by atoms with Crippen LogP contribution in [0, 0.1) is 0 Å². The number of nitrogens with two attached hydrogens (primary N) is 1. The van der Waals surface area contributed by atoms with Gasteiger partial charge in [-0.3, -0.25) is 4.79 Å². The second kappa shape index (κ2) is 7.24. The lowest BCUT2D eigenvalue weighted by Crippen LogP contribution is -2.35. The van der Waals surface area contributed by atoms with Gasteiger partial charge < -0.3 is 34.8 Å². The Kier molecular flexibility index (Phi) is 4.88. The Morgan fingerprint density at radius 1 is 1.33 bits per heavy atom. The number of rotatable bonds is 7. The van der Waals surface area contributed by atoms with Crippen LogP contribution >= 0.6 is 0 Å². The molecule has 1 aromatic carbocycles. The normalized spacial score (nSPS) is 13.6. The van der Waals surface area contributed by atoms with E-state index in [0.29, 0.717) is 28.6 Å². The van der Waals surface area contributed by atoms with Crippen molar-refractivity contribution in [1.29, 1.82) is 0 Å². The quantitative estimate of drug-likeness (QED) is 0.680. The van der Waals surface area contributed by atoms with Crippen molar-refractivity contribution in [3.05, 3.63) is 41.9 Å². The monoisotopic (exact) mass is 334 g/mol. The molecule has 24 heavy (non-hydrogen) atoms. The Hall–Kier alpha value is -2.71. The Bertz CT molecular complexity index is 714. The Balaban J connectivity index is 1.44. The molecule has 2 aromatic rings. The van der Waals surface area contributed by atoms with Gasteiger partial charge in [0.05, 0.1) is 12.1 Å². The summed E-state index contributed by atoms with van der Waals surface area (Å²) in [6.07, 6.45) is 0.466. The minimum atomic E-state index is -0.861. The van der Waals surface area contributed by atoms with E-state index in [2.05, 4.69) is 5.32 Å². The summed E-state index contributed by atoms with van der Waals surface area (Å²) in [7, 11) is 0. The molecule has 1 aliphatic heterocycles. The molecule has 0 saturated carbocycles. The number of nitrogens with one attached hydrogen (secondary N) is 1. The van der Waals surface area contributed by atoms with E-state index in [0.717, 1.165) is 0 Å². The molecule has 4 N–H and O–H groups in total. The number of carbonyl (C=O) groups excluding carboxylic acids is 1. The van der Waals surface area contributed by atoms with Gasteiger partial charge >= 0.3 is 0 Å². The lowest BCUT2D eigenvalue weighted by atomic mass is 10.2. The molecule has 3 rings (SSSR count). The third-order valence-corrected chi connectivity index (χ3v) is 3.40. The van der Waals surface area contributed by atoms with Crippen LogP contribution in [0.4, 0.5) is 0 Å². The molecular formula is C16H18N2O6. The number of fused-ring (bicyclic) bond motifs is 1. The number of hydrogen-bond donors (Lipinski definition) is 3. The van der Waals surface area contributed by atoms with E-state index in [1.807, 2.05) is 0 Å². The van der Waals surface area contributed by atoms with Crippen molar-refractivity contribution in [2.24, 2.45) is 5.73 Å². The molecule has 0 radical (unpaired) electrons. The first-order chi connectivity index (χ1) is 11.7. The summed E-state index contributed by atoms with van der Waals surface area (Å²) in [5, 5.41) is 12.5. The second-order valence-corrected chi connectivity index (χ2v) is 5.20. The number of benzene rings is 1. The summed E-state index contributed by atoms with van der Waals surface area (Å²) in [6, 6.07) is 6.71. The molecule has 0 fully saturated rings. The molecule has 8 nitrogen and oxygen atoms in total. The van der Waals surface area contributed by atoms with E-state index in [9.17, 15) is 9.90 Å². The molecule has 128 valence electrons. The predicted octanol–water partition coefficient (Wildman–Crippen LogP) is 0.637. The first kappa shape index (κ1) is 16.2. The van der Waals surface area contributed by atoms with Crippen LogP contribution in [0.25, 0.3) is 0 Å². The van der Waals surface area contributed by atoms with Gasteiger partial charge in [0.25, 0.3) is 5.91 Å². The molecule has 1 aliphatic rings. The van der Waals surface area contributed by atoms with E-state index in [1.165, 1.54) is 6.26 Å². The van der Waals surface area contributed by atoms with Gasteiger partial charge in [0.15, 0.2) is 11.5 Å². The summed E-state index contributed by atoms with van der Waals surface area (Å²) < 4.78 is 21.0. The van der Waals surface area contributed by atoms with Crippen LogP contribution in [-0.2, 0) is 6.54 Å². The minimum absolute atomic E-state index is 0.0271. The molecule has 0 spiro atoms. The summed E-state index contributed by atoms with van der Waals surface area (Å²) in [4.78, 5) is 11.9. The van der Waals surface area contributed by atoms with E-state index in [4.69, 9.17) is 24.4 Å². The summed E-state index contributed by atoms with van der Waals surface area (Å²) >= 11 is 0. The third-order valence-electron chi connectivity index (χ3n) is 3.40. The van der Waals surface area contributed by atoms with Crippen molar-refractivity contribution in [1.82, 2.24) is 5.32 Å². The number of hydrogen-bond acceptors (Lipinski definition) is 7. The van der Waals surface area contributed by atoms with Gasteiger partial charge in [-0.25, -0.2) is 0 Å². The van der Waals surface area contributed by atoms with Gasteiger partial charge in [-0.1, -0.05) is 0 Å². The molecule has 0 aliphatic carbocycles. The predicted molar refractivity (Wildman–Crippen MR) is 83.0 cm³/mol. The molecular weight excluding hydrogens is 316 g/mol. The van der Waals surface area contributed by atoms with Gasteiger partial charge in [0, 0.05) is 12.6 Å². The molecule has 1 unspecified atom stereocenters. The maximum atomic E-state index is 11.9. The number of carbonyl (C=O) groups is 1. The molecule has 1 atom stereocenters. The smallest absolute Gasteiger partial charge is 0.254 e. The second-order valence-electron chi connectivity index (χ2n) is 5.20. The largest absolute Gasteiger partial charge is 0.491 e. The zero-order valence-corrected chi connectivity index (χ0v) is 12.9. The SMILES string of the molecule is NCc1cc(C(=O)NCC(O)COc2ccc3c(c2)OCO3)co1. The van der Waals surface area contributed by atoms with E-state index >= 15 is 0 Å². The topological polar surface area (TPSA) is 116 Å². The fraction of sp³-hybridized carbons (Fsp3) is 0.312. The average molecular weight is 334 g/mol.